The van der Waals surface area contributed by atoms with Crippen molar-refractivity contribution in [2.45, 2.75) is 55.6 Å². The monoisotopic (exact) mass is 774 g/mol. The summed E-state index contributed by atoms with van der Waals surface area (Å²) in [6, 6.07) is 0. The van der Waals surface area contributed by atoms with Gasteiger partial charge in [-0.3, -0.25) is 0 Å². The second-order valence-corrected chi connectivity index (χ2v) is 9.99. The summed E-state index contributed by atoms with van der Waals surface area (Å²) in [5, 5.41) is 0. The largest absolute Gasteiger partial charge is 0.905 e. The molecule has 0 N–H and O–H groups in total. The molecule has 0 aromatic rings. The average molecular weight is 774 g/mol. The molecule has 0 rings (SSSR count). The van der Waals surface area contributed by atoms with Crippen molar-refractivity contribution in [2.24, 2.45) is 16.2 Å². The van der Waals surface area contributed by atoms with Gasteiger partial charge in [0.1, 0.15) is 0 Å². The predicted molar refractivity (Wildman–Crippen MR) is 85.4 cm³/mol. The van der Waals surface area contributed by atoms with Gasteiger partial charge in [-0.15, -0.1) is 0 Å². The zero-order valence-corrected chi connectivity index (χ0v) is 21.3. The Labute approximate surface area is 237 Å². The zero-order valence-electron chi connectivity index (χ0n) is 20.1. The van der Waals surface area contributed by atoms with Crippen LogP contribution in [0, 0.1) is 16.2 Å². The Morgan fingerprint density at radius 1 is 0.239 bits per heavy atom. The molecule has 0 aliphatic carbocycles. The van der Waals surface area contributed by atoms with Crippen molar-refractivity contribution in [3.8, 4) is 0 Å². The molecule has 0 bridgehead atoms. The highest BCUT2D eigenvalue weighted by Gasteiger charge is 2.87. The van der Waals surface area contributed by atoms with Crippen molar-refractivity contribution in [1.82, 2.24) is 0 Å². The highest BCUT2D eigenvalue weighted by molar-refractivity contribution is 6.36. The van der Waals surface area contributed by atoms with Crippen LogP contribution in [0.25, 0.3) is 0 Å². The Kier molecular flexibility index (Phi) is 12.0. The quantitative estimate of drug-likeness (QED) is 0.173. The Morgan fingerprint density at radius 3 is 0.435 bits per heavy atom. The lowest BCUT2D eigenvalue weighted by molar-refractivity contribution is -0.435. The maximum Gasteiger partial charge on any atom is 0.905 e. The topological polar surface area (TPSA) is 27.7 Å². The first-order valence-electron chi connectivity index (χ1n) is 9.99. The molecule has 0 aliphatic rings. The lowest BCUT2D eigenvalue weighted by Crippen LogP contribution is -2.65. The molecular weight excluding hydrogens is 768 g/mol. The van der Waals surface area contributed by atoms with E-state index in [1.807, 2.05) is 0 Å². The van der Waals surface area contributed by atoms with Gasteiger partial charge in [-0.1, -0.05) is 0 Å². The molecule has 276 valence electrons. The van der Waals surface area contributed by atoms with E-state index in [1.165, 1.54) is 0 Å². The minimum Gasteiger partial charge on any atom is -0.453 e. The molecule has 0 unspecified atom stereocenters. The number of hydrogen-bond donors (Lipinski definition) is 0. The number of rotatable bonds is 9. The van der Waals surface area contributed by atoms with Crippen LogP contribution >= 0.6 is 0 Å². The van der Waals surface area contributed by atoms with E-state index < -0.39 is 107 Å². The fourth-order valence-corrected chi connectivity index (χ4v) is 4.35. The SMILES string of the molecule is FC(F)(F)C(C[O][Al]([O]CC(C(F)(F)F)(C(F)(F)F)C(F)(F)F)[O]CC(C(F)(F)F)(C(F)(F)F)C(F)(F)F)(C(F)(F)F)C(F)(F)F. The van der Waals surface area contributed by atoms with Gasteiger partial charge < -0.3 is 11.4 Å². The summed E-state index contributed by atoms with van der Waals surface area (Å²) in [6.45, 7) is -13.4. The molecule has 0 aromatic carbocycles. The van der Waals surface area contributed by atoms with E-state index in [2.05, 4.69) is 11.4 Å². The first-order valence-corrected chi connectivity index (χ1v) is 11.4. The molecule has 31 heteroatoms. The average Bonchev–Trinajstić information content (AvgIpc) is 2.64. The molecule has 0 aliphatic heterocycles. The Bertz CT molecular complexity index is 761. The molecule has 0 saturated heterocycles. The van der Waals surface area contributed by atoms with Crippen LogP contribution in [0.15, 0.2) is 0 Å². The van der Waals surface area contributed by atoms with Crippen molar-refractivity contribution in [2.75, 3.05) is 19.8 Å². The summed E-state index contributed by atoms with van der Waals surface area (Å²) in [4.78, 5) is 0. The van der Waals surface area contributed by atoms with E-state index in [0.717, 1.165) is 0 Å². The standard InChI is InChI=1S/3C5H2F9O.Al/c3*6-3(7,8)2(1-15,4(9,10)11)5(12,13)14;/h3*1H2;/q3*-1;+3. The van der Waals surface area contributed by atoms with Gasteiger partial charge >= 0.3 is 70.7 Å². The minimum atomic E-state index is -7.84. The molecule has 0 spiro atoms. The van der Waals surface area contributed by atoms with Crippen LogP contribution in [-0.4, -0.2) is 90.6 Å². The van der Waals surface area contributed by atoms with Crippen LogP contribution < -0.4 is 0 Å². The van der Waals surface area contributed by atoms with Crippen LogP contribution in [-0.2, 0) is 11.4 Å². The van der Waals surface area contributed by atoms with Gasteiger partial charge in [0.2, 0.25) is 0 Å². The van der Waals surface area contributed by atoms with Gasteiger partial charge in [0.05, 0.1) is 19.8 Å². The fraction of sp³-hybridized carbons (Fsp3) is 1.00. The molecule has 0 saturated carbocycles. The van der Waals surface area contributed by atoms with E-state index >= 15 is 0 Å². The second kappa shape index (κ2) is 12.4. The summed E-state index contributed by atoms with van der Waals surface area (Å²) in [5.74, 6) is 0. The smallest absolute Gasteiger partial charge is 0.453 e. The van der Waals surface area contributed by atoms with E-state index in [9.17, 15) is 119 Å². The summed E-state index contributed by atoms with van der Waals surface area (Å²) in [7, 11) is 0. The first kappa shape index (κ1) is 44.5. The van der Waals surface area contributed by atoms with Gasteiger partial charge in [0.15, 0.2) is 0 Å². The lowest BCUT2D eigenvalue weighted by atomic mass is 9.86. The Balaban J connectivity index is 7.47. The second-order valence-electron chi connectivity index (χ2n) is 8.42. The molecule has 0 aromatic heterocycles. The van der Waals surface area contributed by atoms with Crippen LogP contribution in [0.1, 0.15) is 0 Å². The lowest BCUT2D eigenvalue weighted by Gasteiger charge is -2.41. The third-order valence-corrected chi connectivity index (χ3v) is 6.98. The highest BCUT2D eigenvalue weighted by atomic mass is 27.3. The normalized spacial score (nSPS) is 16.2. The summed E-state index contributed by atoms with van der Waals surface area (Å²) < 4.78 is 360. The molecular formula is C15H6AlF27O3. The Morgan fingerprint density at radius 2 is 0.348 bits per heavy atom. The maximum atomic E-state index is 13.0. The van der Waals surface area contributed by atoms with E-state index in [-0.39, 0.29) is 0 Å². The molecule has 0 fully saturated rings. The van der Waals surface area contributed by atoms with E-state index in [4.69, 9.17) is 0 Å². The minimum absolute atomic E-state index is 2.88. The molecule has 46 heavy (non-hydrogen) atoms. The number of hydrogen-bond acceptors (Lipinski definition) is 3. The van der Waals surface area contributed by atoms with Crippen LogP contribution in [0.5, 0.6) is 0 Å². The van der Waals surface area contributed by atoms with Crippen LogP contribution in [0.3, 0.4) is 0 Å². The van der Waals surface area contributed by atoms with Gasteiger partial charge in [-0.05, 0) is 0 Å². The Hall–Kier alpha value is -1.48. The molecule has 0 radical (unpaired) electrons. The predicted octanol–water partition coefficient (Wildman–Crippen LogP) is 9.04. The van der Waals surface area contributed by atoms with Crippen LogP contribution in [0.2, 0.25) is 0 Å². The maximum absolute atomic E-state index is 13.0. The van der Waals surface area contributed by atoms with Gasteiger partial charge in [-0.2, -0.15) is 119 Å². The highest BCUT2D eigenvalue weighted by Crippen LogP contribution is 2.62. The van der Waals surface area contributed by atoms with Crippen molar-refractivity contribution < 1.29 is 130 Å². The third kappa shape index (κ3) is 7.71. The molecule has 0 amide bonds. The zero-order chi connectivity index (χ0) is 37.8. The van der Waals surface area contributed by atoms with Crippen molar-refractivity contribution >= 4 is 15.1 Å². The molecule has 3 nitrogen and oxygen atoms in total. The van der Waals surface area contributed by atoms with Crippen molar-refractivity contribution in [3.63, 3.8) is 0 Å². The van der Waals surface area contributed by atoms with E-state index in [0.29, 0.717) is 0 Å². The fourth-order valence-electron chi connectivity index (χ4n) is 2.91. The van der Waals surface area contributed by atoms with E-state index in [1.54, 1.807) is 0 Å². The molecule has 0 atom stereocenters. The van der Waals surface area contributed by atoms with Crippen molar-refractivity contribution in [3.05, 3.63) is 0 Å². The summed E-state index contributed by atoms with van der Waals surface area (Å²) in [5.41, 5.74) is -22.4. The van der Waals surface area contributed by atoms with Crippen LogP contribution in [0.4, 0.5) is 119 Å². The summed E-state index contributed by atoms with van der Waals surface area (Å²) in [6.07, 6.45) is -70.6. The summed E-state index contributed by atoms with van der Waals surface area (Å²) >= 11 is -7.18. The third-order valence-electron chi connectivity index (χ3n) is 5.66. The number of alkyl halides is 27. The van der Waals surface area contributed by atoms with Crippen molar-refractivity contribution in [1.29, 1.82) is 0 Å². The van der Waals surface area contributed by atoms with Gasteiger partial charge in [0.25, 0.3) is 16.2 Å². The molecule has 0 heterocycles. The van der Waals surface area contributed by atoms with Gasteiger partial charge in [0, 0.05) is 0 Å². The first-order chi connectivity index (χ1) is 19.5. The van der Waals surface area contributed by atoms with Gasteiger partial charge in [-0.25, -0.2) is 0 Å². The number of halogens is 27.